The van der Waals surface area contributed by atoms with Gasteiger partial charge in [0.05, 0.1) is 10.3 Å². The number of carbonyl (C=O) groups is 2. The summed E-state index contributed by atoms with van der Waals surface area (Å²) in [6, 6.07) is 13.0. The van der Waals surface area contributed by atoms with Crippen LogP contribution < -0.4 is 15.4 Å². The average molecular weight is 430 g/mol. The molecule has 1 aliphatic carbocycles. The maximum atomic E-state index is 12.6. The van der Waals surface area contributed by atoms with Crippen molar-refractivity contribution in [3.05, 3.63) is 54.1 Å². The number of amides is 2. The highest BCUT2D eigenvalue weighted by atomic mass is 32.2. The summed E-state index contributed by atoms with van der Waals surface area (Å²) in [7, 11) is -3.77. The molecule has 1 aliphatic rings. The molecule has 0 aliphatic heterocycles. The SMILES string of the molecule is CCCNC(=O)C1(c2ccc(NS(=O)(=O)c3ccc(NC(=O)CC)cc3)cc2)CC1. The van der Waals surface area contributed by atoms with Crippen LogP contribution in [-0.4, -0.2) is 26.8 Å². The molecule has 0 unspecified atom stereocenters. The number of anilines is 2. The van der Waals surface area contributed by atoms with Gasteiger partial charge in [-0.05, 0) is 61.2 Å². The molecule has 2 amide bonds. The predicted octanol–water partition coefficient (Wildman–Crippen LogP) is 3.39. The van der Waals surface area contributed by atoms with Crippen molar-refractivity contribution in [3.63, 3.8) is 0 Å². The van der Waals surface area contributed by atoms with E-state index in [-0.39, 0.29) is 16.7 Å². The van der Waals surface area contributed by atoms with Crippen molar-refractivity contribution in [2.45, 2.75) is 49.8 Å². The minimum absolute atomic E-state index is 0.0351. The Balaban J connectivity index is 1.69. The highest BCUT2D eigenvalue weighted by Gasteiger charge is 2.50. The zero-order valence-electron chi connectivity index (χ0n) is 17.2. The van der Waals surface area contributed by atoms with E-state index in [1.165, 1.54) is 12.1 Å². The molecule has 1 fully saturated rings. The molecule has 0 heterocycles. The van der Waals surface area contributed by atoms with Crippen LogP contribution in [-0.2, 0) is 25.0 Å². The lowest BCUT2D eigenvalue weighted by Gasteiger charge is -2.16. The van der Waals surface area contributed by atoms with Gasteiger partial charge >= 0.3 is 0 Å². The Morgan fingerprint density at radius 2 is 1.53 bits per heavy atom. The molecule has 1 saturated carbocycles. The van der Waals surface area contributed by atoms with Crippen LogP contribution in [0, 0.1) is 0 Å². The van der Waals surface area contributed by atoms with Gasteiger partial charge in [-0.1, -0.05) is 26.0 Å². The molecule has 3 N–H and O–H groups in total. The summed E-state index contributed by atoms with van der Waals surface area (Å²) in [5.41, 5.74) is 1.38. The topological polar surface area (TPSA) is 104 Å². The summed E-state index contributed by atoms with van der Waals surface area (Å²) < 4.78 is 27.9. The van der Waals surface area contributed by atoms with Gasteiger partial charge in [0, 0.05) is 24.3 Å². The van der Waals surface area contributed by atoms with Crippen LogP contribution in [0.15, 0.2) is 53.4 Å². The quantitative estimate of drug-likeness (QED) is 0.568. The van der Waals surface area contributed by atoms with Crippen molar-refractivity contribution in [2.75, 3.05) is 16.6 Å². The van der Waals surface area contributed by atoms with Gasteiger partial charge in [0.25, 0.3) is 10.0 Å². The molecule has 0 aromatic heterocycles. The molecule has 0 spiro atoms. The Morgan fingerprint density at radius 3 is 2.07 bits per heavy atom. The van der Waals surface area contributed by atoms with Gasteiger partial charge in [-0.25, -0.2) is 8.42 Å². The molecular weight excluding hydrogens is 402 g/mol. The maximum absolute atomic E-state index is 12.6. The summed E-state index contributed by atoms with van der Waals surface area (Å²) in [5, 5.41) is 5.63. The van der Waals surface area contributed by atoms with Crippen molar-refractivity contribution in [1.82, 2.24) is 5.32 Å². The normalized spacial score (nSPS) is 14.6. The number of carbonyl (C=O) groups excluding carboxylic acids is 2. The molecule has 0 saturated heterocycles. The van der Waals surface area contributed by atoms with Crippen molar-refractivity contribution in [3.8, 4) is 0 Å². The first kappa shape index (κ1) is 21.8. The van der Waals surface area contributed by atoms with E-state index in [1.807, 2.05) is 6.92 Å². The second kappa shape index (κ2) is 8.87. The largest absolute Gasteiger partial charge is 0.355 e. The Labute approximate surface area is 177 Å². The van der Waals surface area contributed by atoms with E-state index < -0.39 is 15.4 Å². The summed E-state index contributed by atoms with van der Waals surface area (Å²) in [5.74, 6) is -0.103. The van der Waals surface area contributed by atoms with Crippen LogP contribution in [0.2, 0.25) is 0 Å². The van der Waals surface area contributed by atoms with E-state index in [0.717, 1.165) is 24.8 Å². The summed E-state index contributed by atoms with van der Waals surface area (Å²) in [6.07, 6.45) is 2.83. The lowest BCUT2D eigenvalue weighted by Crippen LogP contribution is -2.35. The molecule has 0 bridgehead atoms. The maximum Gasteiger partial charge on any atom is 0.261 e. The molecule has 0 radical (unpaired) electrons. The molecule has 2 aromatic rings. The smallest absolute Gasteiger partial charge is 0.261 e. The molecule has 30 heavy (non-hydrogen) atoms. The van der Waals surface area contributed by atoms with Crippen molar-refractivity contribution in [1.29, 1.82) is 0 Å². The van der Waals surface area contributed by atoms with Gasteiger partial charge < -0.3 is 10.6 Å². The summed E-state index contributed by atoms with van der Waals surface area (Å²) in [6.45, 7) is 4.40. The molecule has 2 aromatic carbocycles. The highest BCUT2D eigenvalue weighted by molar-refractivity contribution is 7.92. The van der Waals surface area contributed by atoms with Gasteiger partial charge in [0.2, 0.25) is 11.8 Å². The molecular formula is C22H27N3O4S. The first-order chi connectivity index (χ1) is 14.3. The van der Waals surface area contributed by atoms with Crippen molar-refractivity contribution in [2.24, 2.45) is 0 Å². The first-order valence-corrected chi connectivity index (χ1v) is 11.6. The van der Waals surface area contributed by atoms with E-state index in [4.69, 9.17) is 0 Å². The summed E-state index contributed by atoms with van der Waals surface area (Å²) >= 11 is 0. The lowest BCUT2D eigenvalue weighted by molar-refractivity contribution is -0.123. The van der Waals surface area contributed by atoms with Crippen LogP contribution >= 0.6 is 0 Å². The fourth-order valence-corrected chi connectivity index (χ4v) is 4.28. The van der Waals surface area contributed by atoms with Gasteiger partial charge in [-0.2, -0.15) is 0 Å². The Kier molecular flexibility index (Phi) is 6.45. The van der Waals surface area contributed by atoms with Gasteiger partial charge in [0.15, 0.2) is 0 Å². The fourth-order valence-electron chi connectivity index (χ4n) is 3.22. The average Bonchev–Trinajstić information content (AvgIpc) is 3.54. The molecule has 7 nitrogen and oxygen atoms in total. The Morgan fingerprint density at radius 1 is 0.933 bits per heavy atom. The van der Waals surface area contributed by atoms with E-state index in [1.54, 1.807) is 43.3 Å². The predicted molar refractivity (Wildman–Crippen MR) is 117 cm³/mol. The Hall–Kier alpha value is -2.87. The number of hydrogen-bond acceptors (Lipinski definition) is 4. The molecule has 0 atom stereocenters. The van der Waals surface area contributed by atoms with Crippen LogP contribution in [0.5, 0.6) is 0 Å². The second-order valence-electron chi connectivity index (χ2n) is 7.45. The van der Waals surface area contributed by atoms with E-state index in [2.05, 4.69) is 15.4 Å². The third-order valence-electron chi connectivity index (χ3n) is 5.18. The number of nitrogens with one attached hydrogen (secondary N) is 3. The number of sulfonamides is 1. The highest BCUT2D eigenvalue weighted by Crippen LogP contribution is 2.48. The van der Waals surface area contributed by atoms with Crippen LogP contribution in [0.1, 0.15) is 45.1 Å². The number of rotatable bonds is 9. The van der Waals surface area contributed by atoms with Gasteiger partial charge in [-0.3, -0.25) is 14.3 Å². The zero-order valence-corrected chi connectivity index (χ0v) is 18.0. The summed E-state index contributed by atoms with van der Waals surface area (Å²) in [4.78, 5) is 24.0. The van der Waals surface area contributed by atoms with E-state index in [9.17, 15) is 18.0 Å². The van der Waals surface area contributed by atoms with Crippen LogP contribution in [0.25, 0.3) is 0 Å². The number of hydrogen-bond donors (Lipinski definition) is 3. The standard InChI is InChI=1S/C22H27N3O4S/c1-3-15-23-21(27)22(13-14-22)16-5-7-18(8-6-16)25-30(28,29)19-11-9-17(10-12-19)24-20(26)4-2/h5-12,25H,3-4,13-15H2,1-2H3,(H,23,27)(H,24,26). The monoisotopic (exact) mass is 429 g/mol. The van der Waals surface area contributed by atoms with Crippen molar-refractivity contribution < 1.29 is 18.0 Å². The molecule has 160 valence electrons. The molecule has 8 heteroatoms. The fraction of sp³-hybridized carbons (Fsp3) is 0.364. The number of benzene rings is 2. The van der Waals surface area contributed by atoms with Crippen LogP contribution in [0.4, 0.5) is 11.4 Å². The second-order valence-corrected chi connectivity index (χ2v) is 9.13. The molecule has 3 rings (SSSR count). The van der Waals surface area contributed by atoms with Crippen molar-refractivity contribution >= 4 is 33.2 Å². The zero-order chi connectivity index (χ0) is 21.8. The third-order valence-corrected chi connectivity index (χ3v) is 6.58. The van der Waals surface area contributed by atoms with Gasteiger partial charge in [0.1, 0.15) is 0 Å². The van der Waals surface area contributed by atoms with E-state index >= 15 is 0 Å². The van der Waals surface area contributed by atoms with Gasteiger partial charge in [-0.15, -0.1) is 0 Å². The van der Waals surface area contributed by atoms with E-state index in [0.29, 0.717) is 24.3 Å². The van der Waals surface area contributed by atoms with Crippen LogP contribution in [0.3, 0.4) is 0 Å². The third kappa shape index (κ3) is 4.81. The minimum Gasteiger partial charge on any atom is -0.355 e. The minimum atomic E-state index is -3.77. The lowest BCUT2D eigenvalue weighted by atomic mass is 9.95. The first-order valence-electron chi connectivity index (χ1n) is 10.1. The Bertz CT molecular complexity index is 1010.